The highest BCUT2D eigenvalue weighted by molar-refractivity contribution is 7.85. The Hall–Kier alpha value is -0.130. The van der Waals surface area contributed by atoms with Crippen LogP contribution in [0, 0.1) is 0 Å². The van der Waals surface area contributed by atoms with Gasteiger partial charge >= 0.3 is 0 Å². The molecule has 0 aromatic heterocycles. The first-order valence-corrected chi connectivity index (χ1v) is 4.63. The standard InChI is InChI=1S/C5H12O4S/c1-3-9-5(2)4-10(6,7)8/h5H,3-4H2,1-2H3,(H,6,7,8). The van der Waals surface area contributed by atoms with E-state index >= 15 is 0 Å². The van der Waals surface area contributed by atoms with Crippen molar-refractivity contribution in [2.45, 2.75) is 20.0 Å². The molecule has 10 heavy (non-hydrogen) atoms. The molecular weight excluding hydrogens is 156 g/mol. The van der Waals surface area contributed by atoms with Gasteiger partial charge in [0.15, 0.2) is 0 Å². The summed E-state index contributed by atoms with van der Waals surface area (Å²) >= 11 is 0. The SMILES string of the molecule is CCOC(C)CS(=O)(=O)O. The van der Waals surface area contributed by atoms with E-state index in [1.165, 1.54) is 0 Å². The molecule has 0 heterocycles. The van der Waals surface area contributed by atoms with E-state index in [4.69, 9.17) is 9.29 Å². The van der Waals surface area contributed by atoms with Crippen LogP contribution >= 0.6 is 0 Å². The second kappa shape index (κ2) is 3.90. The lowest BCUT2D eigenvalue weighted by molar-refractivity contribution is 0.0908. The molecule has 0 aliphatic rings. The molecule has 0 rings (SSSR count). The Kier molecular flexibility index (Phi) is 3.85. The lowest BCUT2D eigenvalue weighted by Gasteiger charge is -2.07. The molecule has 0 aliphatic carbocycles. The van der Waals surface area contributed by atoms with Crippen LogP contribution in [0.15, 0.2) is 0 Å². The predicted molar refractivity (Wildman–Crippen MR) is 37.5 cm³/mol. The minimum Gasteiger partial charge on any atom is -0.378 e. The van der Waals surface area contributed by atoms with Gasteiger partial charge in [0.1, 0.15) is 5.75 Å². The highest BCUT2D eigenvalue weighted by Crippen LogP contribution is 1.94. The van der Waals surface area contributed by atoms with Crippen LogP contribution in [-0.4, -0.2) is 31.4 Å². The van der Waals surface area contributed by atoms with Gasteiger partial charge in [-0.25, -0.2) is 0 Å². The summed E-state index contributed by atoms with van der Waals surface area (Å²) in [6.07, 6.45) is -0.431. The van der Waals surface area contributed by atoms with Crippen LogP contribution in [0.4, 0.5) is 0 Å². The summed E-state index contributed by atoms with van der Waals surface area (Å²) in [6.45, 7) is 3.81. The summed E-state index contributed by atoms with van der Waals surface area (Å²) in [7, 11) is -3.87. The van der Waals surface area contributed by atoms with Gasteiger partial charge in [0.2, 0.25) is 0 Å². The molecule has 0 saturated heterocycles. The third-order valence-corrected chi connectivity index (χ3v) is 1.79. The fourth-order valence-electron chi connectivity index (χ4n) is 0.629. The largest absolute Gasteiger partial charge is 0.378 e. The topological polar surface area (TPSA) is 63.6 Å². The first kappa shape index (κ1) is 9.87. The van der Waals surface area contributed by atoms with Crippen molar-refractivity contribution in [1.82, 2.24) is 0 Å². The maximum atomic E-state index is 10.2. The Bertz CT molecular complexity index is 172. The van der Waals surface area contributed by atoms with Gasteiger partial charge in [-0.1, -0.05) is 0 Å². The van der Waals surface area contributed by atoms with Crippen LogP contribution in [-0.2, 0) is 14.9 Å². The monoisotopic (exact) mass is 168 g/mol. The number of ether oxygens (including phenoxy) is 1. The Morgan fingerprint density at radius 2 is 2.10 bits per heavy atom. The number of hydrogen-bond acceptors (Lipinski definition) is 3. The maximum Gasteiger partial charge on any atom is 0.267 e. The van der Waals surface area contributed by atoms with E-state index in [0.717, 1.165) is 0 Å². The maximum absolute atomic E-state index is 10.2. The van der Waals surface area contributed by atoms with E-state index < -0.39 is 16.2 Å². The fraction of sp³-hybridized carbons (Fsp3) is 1.00. The van der Waals surface area contributed by atoms with Crippen LogP contribution < -0.4 is 0 Å². The van der Waals surface area contributed by atoms with Crippen molar-refractivity contribution in [2.24, 2.45) is 0 Å². The molecule has 0 amide bonds. The fourth-order valence-corrected chi connectivity index (χ4v) is 1.32. The van der Waals surface area contributed by atoms with Crippen LogP contribution in [0.3, 0.4) is 0 Å². The quantitative estimate of drug-likeness (QED) is 0.613. The number of rotatable bonds is 4. The summed E-state index contributed by atoms with van der Waals surface area (Å²) in [5, 5.41) is 0. The highest BCUT2D eigenvalue weighted by atomic mass is 32.2. The lowest BCUT2D eigenvalue weighted by atomic mass is 10.5. The Balaban J connectivity index is 3.69. The zero-order valence-corrected chi connectivity index (χ0v) is 6.89. The van der Waals surface area contributed by atoms with Gasteiger partial charge in [-0.15, -0.1) is 0 Å². The smallest absolute Gasteiger partial charge is 0.267 e. The summed E-state index contributed by atoms with van der Waals surface area (Å²) in [5.74, 6) is -0.332. The Morgan fingerprint density at radius 1 is 1.60 bits per heavy atom. The van der Waals surface area contributed by atoms with Crippen LogP contribution in [0.2, 0.25) is 0 Å². The van der Waals surface area contributed by atoms with E-state index in [2.05, 4.69) is 0 Å². The lowest BCUT2D eigenvalue weighted by Crippen LogP contribution is -2.20. The van der Waals surface area contributed by atoms with Crippen LogP contribution in [0.5, 0.6) is 0 Å². The van der Waals surface area contributed by atoms with Gasteiger partial charge < -0.3 is 4.74 Å². The molecule has 0 saturated carbocycles. The zero-order valence-electron chi connectivity index (χ0n) is 6.07. The minimum atomic E-state index is -3.87. The second-order valence-electron chi connectivity index (χ2n) is 2.01. The van der Waals surface area contributed by atoms with E-state index in [0.29, 0.717) is 6.61 Å². The summed E-state index contributed by atoms with van der Waals surface area (Å²) < 4.78 is 33.6. The van der Waals surface area contributed by atoms with Gasteiger partial charge in [0.05, 0.1) is 6.10 Å². The van der Waals surface area contributed by atoms with E-state index in [1.54, 1.807) is 13.8 Å². The Morgan fingerprint density at radius 3 is 2.40 bits per heavy atom. The van der Waals surface area contributed by atoms with E-state index in [1.807, 2.05) is 0 Å². The molecule has 1 atom stereocenters. The summed E-state index contributed by atoms with van der Waals surface area (Å²) in [5.41, 5.74) is 0. The second-order valence-corrected chi connectivity index (χ2v) is 3.51. The van der Waals surface area contributed by atoms with Gasteiger partial charge in [-0.3, -0.25) is 4.55 Å². The molecule has 0 spiro atoms. The molecule has 4 nitrogen and oxygen atoms in total. The average Bonchev–Trinajstić information content (AvgIpc) is 1.59. The van der Waals surface area contributed by atoms with E-state index in [9.17, 15) is 8.42 Å². The highest BCUT2D eigenvalue weighted by Gasteiger charge is 2.11. The molecule has 0 aliphatic heterocycles. The first-order chi connectivity index (χ1) is 4.45. The molecule has 1 N–H and O–H groups in total. The van der Waals surface area contributed by atoms with Crippen LogP contribution in [0.25, 0.3) is 0 Å². The van der Waals surface area contributed by atoms with Gasteiger partial charge in [0, 0.05) is 6.61 Å². The normalized spacial score (nSPS) is 15.1. The molecule has 0 radical (unpaired) electrons. The van der Waals surface area contributed by atoms with Gasteiger partial charge in [0.25, 0.3) is 10.1 Å². The molecule has 0 bridgehead atoms. The first-order valence-electron chi connectivity index (χ1n) is 3.02. The number of hydrogen-bond donors (Lipinski definition) is 1. The zero-order chi connectivity index (χ0) is 8.20. The molecule has 0 aromatic carbocycles. The van der Waals surface area contributed by atoms with Crippen molar-refractivity contribution in [1.29, 1.82) is 0 Å². The third-order valence-electron chi connectivity index (χ3n) is 0.897. The van der Waals surface area contributed by atoms with Crippen molar-refractivity contribution in [2.75, 3.05) is 12.4 Å². The van der Waals surface area contributed by atoms with Crippen molar-refractivity contribution in [3.05, 3.63) is 0 Å². The minimum absolute atomic E-state index is 0.332. The molecular formula is C5H12O4S. The van der Waals surface area contributed by atoms with Gasteiger partial charge in [-0.05, 0) is 13.8 Å². The van der Waals surface area contributed by atoms with Gasteiger partial charge in [-0.2, -0.15) is 8.42 Å². The van der Waals surface area contributed by atoms with Crippen molar-refractivity contribution in [3.8, 4) is 0 Å². The van der Waals surface area contributed by atoms with E-state index in [-0.39, 0.29) is 5.75 Å². The van der Waals surface area contributed by atoms with Crippen LogP contribution in [0.1, 0.15) is 13.8 Å². The van der Waals surface area contributed by atoms with Crippen molar-refractivity contribution < 1.29 is 17.7 Å². The summed E-state index contributed by atoms with van der Waals surface area (Å²) in [4.78, 5) is 0. The van der Waals surface area contributed by atoms with Crippen molar-refractivity contribution >= 4 is 10.1 Å². The molecule has 5 heteroatoms. The Labute approximate surface area is 60.9 Å². The van der Waals surface area contributed by atoms with Crippen molar-refractivity contribution in [3.63, 3.8) is 0 Å². The third kappa shape index (κ3) is 6.00. The summed E-state index contributed by atoms with van der Waals surface area (Å²) in [6, 6.07) is 0. The molecule has 1 unspecified atom stereocenters. The molecule has 62 valence electrons. The predicted octanol–water partition coefficient (Wildman–Crippen LogP) is 0.299. The molecule has 0 aromatic rings. The molecule has 0 fully saturated rings. The average molecular weight is 168 g/mol.